The quantitative estimate of drug-likeness (QED) is 0.902. The molecule has 2 heterocycles. The number of carbonyl (C=O) groups excluding carboxylic acids is 1. The van der Waals surface area contributed by atoms with Crippen molar-refractivity contribution in [2.24, 2.45) is 7.05 Å². The Bertz CT molecular complexity index is 614. The highest BCUT2D eigenvalue weighted by Gasteiger charge is 2.14. The summed E-state index contributed by atoms with van der Waals surface area (Å²) in [6.07, 6.45) is 5.52. The number of nitrogens with one attached hydrogen (secondary N) is 1. The molecule has 5 heteroatoms. The van der Waals surface area contributed by atoms with Gasteiger partial charge in [0.05, 0.1) is 12.5 Å². The van der Waals surface area contributed by atoms with Crippen molar-refractivity contribution in [2.75, 3.05) is 0 Å². The Morgan fingerprint density at radius 1 is 1.47 bits per heavy atom. The summed E-state index contributed by atoms with van der Waals surface area (Å²) in [5.74, 6) is -0.350. The molecular weight excluding hydrogens is 244 g/mol. The number of hydrogen-bond donors (Lipinski definition) is 1. The van der Waals surface area contributed by atoms with Crippen molar-refractivity contribution in [1.29, 1.82) is 0 Å². The van der Waals surface area contributed by atoms with Crippen LogP contribution in [0.4, 0.5) is 0 Å². The second kappa shape index (κ2) is 5.56. The van der Waals surface area contributed by atoms with Gasteiger partial charge in [-0.3, -0.25) is 9.59 Å². The van der Waals surface area contributed by atoms with Gasteiger partial charge in [-0.25, -0.2) is 0 Å². The Hall–Kier alpha value is -2.30. The Balaban J connectivity index is 2.05. The van der Waals surface area contributed by atoms with Crippen LogP contribution in [-0.2, 0) is 13.5 Å². The van der Waals surface area contributed by atoms with Gasteiger partial charge in [-0.2, -0.15) is 0 Å². The molecule has 0 aromatic carbocycles. The summed E-state index contributed by atoms with van der Waals surface area (Å²) in [7, 11) is 1.62. The standard InChI is InChI=1S/C14H16N2O3/c1-10(8-11-5-7-19-9-11)15-13(17)12-4-3-6-16(2)14(12)18/h3-7,9-10H,8H2,1-2H3,(H,15,17). The number of aryl methyl sites for hydroxylation is 1. The number of carbonyl (C=O) groups is 1. The lowest BCUT2D eigenvalue weighted by Crippen LogP contribution is -2.38. The van der Waals surface area contributed by atoms with E-state index in [1.807, 2.05) is 13.0 Å². The molecule has 2 aromatic rings. The van der Waals surface area contributed by atoms with Crippen LogP contribution < -0.4 is 10.9 Å². The van der Waals surface area contributed by atoms with Gasteiger partial charge in [0.2, 0.25) is 0 Å². The predicted molar refractivity (Wildman–Crippen MR) is 71.0 cm³/mol. The highest BCUT2D eigenvalue weighted by Crippen LogP contribution is 2.04. The Morgan fingerprint density at radius 3 is 2.95 bits per heavy atom. The van der Waals surface area contributed by atoms with Gasteiger partial charge in [-0.05, 0) is 37.1 Å². The van der Waals surface area contributed by atoms with Crippen LogP contribution in [-0.4, -0.2) is 16.5 Å². The van der Waals surface area contributed by atoms with Crippen molar-refractivity contribution in [3.05, 3.63) is 58.4 Å². The highest BCUT2D eigenvalue weighted by atomic mass is 16.3. The van der Waals surface area contributed by atoms with Crippen LogP contribution in [0.15, 0.2) is 46.1 Å². The van der Waals surface area contributed by atoms with Crippen LogP contribution in [0.25, 0.3) is 0 Å². The van der Waals surface area contributed by atoms with Crippen molar-refractivity contribution in [3.63, 3.8) is 0 Å². The molecular formula is C14H16N2O3. The molecule has 0 saturated heterocycles. The Labute approximate surface area is 110 Å². The molecule has 2 rings (SSSR count). The van der Waals surface area contributed by atoms with Crippen molar-refractivity contribution in [3.8, 4) is 0 Å². The zero-order valence-electron chi connectivity index (χ0n) is 10.9. The second-order valence-electron chi connectivity index (χ2n) is 4.55. The summed E-state index contributed by atoms with van der Waals surface area (Å²) in [4.78, 5) is 23.8. The van der Waals surface area contributed by atoms with E-state index in [4.69, 9.17) is 4.42 Å². The fraction of sp³-hybridized carbons (Fsp3) is 0.286. The number of rotatable bonds is 4. The molecule has 1 atom stereocenters. The van der Waals surface area contributed by atoms with Crippen LogP contribution in [0, 0.1) is 0 Å². The number of nitrogens with zero attached hydrogens (tertiary/aromatic N) is 1. The smallest absolute Gasteiger partial charge is 0.263 e. The molecule has 1 amide bonds. The molecule has 0 fully saturated rings. The topological polar surface area (TPSA) is 64.2 Å². The minimum absolute atomic E-state index is 0.0741. The lowest BCUT2D eigenvalue weighted by molar-refractivity contribution is 0.0938. The summed E-state index contributed by atoms with van der Waals surface area (Å²) in [6.45, 7) is 1.89. The number of amides is 1. The van der Waals surface area contributed by atoms with Crippen molar-refractivity contribution >= 4 is 5.91 Å². The third kappa shape index (κ3) is 3.13. The van der Waals surface area contributed by atoms with E-state index >= 15 is 0 Å². The molecule has 1 unspecified atom stereocenters. The first-order valence-electron chi connectivity index (χ1n) is 6.05. The predicted octanol–water partition coefficient (Wildman–Crippen LogP) is 1.34. The molecule has 0 saturated carbocycles. The average molecular weight is 260 g/mol. The van der Waals surface area contributed by atoms with Crippen LogP contribution in [0.5, 0.6) is 0 Å². The molecule has 100 valence electrons. The number of aromatic nitrogens is 1. The van der Waals surface area contributed by atoms with E-state index in [9.17, 15) is 9.59 Å². The summed E-state index contributed by atoms with van der Waals surface area (Å²) in [6, 6.07) is 4.98. The van der Waals surface area contributed by atoms with Crippen LogP contribution >= 0.6 is 0 Å². The van der Waals surface area contributed by atoms with Gasteiger partial charge in [-0.1, -0.05) is 0 Å². The molecule has 0 spiro atoms. The third-order valence-electron chi connectivity index (χ3n) is 2.87. The summed E-state index contributed by atoms with van der Waals surface area (Å²) >= 11 is 0. The number of furan rings is 1. The molecule has 0 aliphatic heterocycles. The normalized spacial score (nSPS) is 12.1. The molecule has 0 bridgehead atoms. The van der Waals surface area contributed by atoms with E-state index in [1.54, 1.807) is 31.8 Å². The Kier molecular flexibility index (Phi) is 3.85. The molecule has 0 aliphatic rings. The maximum absolute atomic E-state index is 12.0. The summed E-state index contributed by atoms with van der Waals surface area (Å²) < 4.78 is 6.36. The maximum Gasteiger partial charge on any atom is 0.263 e. The van der Waals surface area contributed by atoms with Gasteiger partial charge in [-0.15, -0.1) is 0 Å². The van der Waals surface area contributed by atoms with Crippen LogP contribution in [0.3, 0.4) is 0 Å². The summed E-state index contributed by atoms with van der Waals surface area (Å²) in [5.41, 5.74) is 0.869. The van der Waals surface area contributed by atoms with E-state index < -0.39 is 0 Å². The minimum atomic E-state index is -0.350. The fourth-order valence-electron chi connectivity index (χ4n) is 1.89. The average Bonchev–Trinajstić information content (AvgIpc) is 2.85. The number of hydrogen-bond acceptors (Lipinski definition) is 3. The van der Waals surface area contributed by atoms with Gasteiger partial charge >= 0.3 is 0 Å². The molecule has 0 radical (unpaired) electrons. The van der Waals surface area contributed by atoms with Crippen LogP contribution in [0.2, 0.25) is 0 Å². The molecule has 0 aliphatic carbocycles. The van der Waals surface area contributed by atoms with Gasteiger partial charge in [0.25, 0.3) is 11.5 Å². The monoisotopic (exact) mass is 260 g/mol. The first-order chi connectivity index (χ1) is 9.08. The van der Waals surface area contributed by atoms with E-state index in [2.05, 4.69) is 5.32 Å². The fourth-order valence-corrected chi connectivity index (χ4v) is 1.89. The first kappa shape index (κ1) is 13.1. The molecule has 1 N–H and O–H groups in total. The van der Waals surface area contributed by atoms with Crippen molar-refractivity contribution < 1.29 is 9.21 Å². The van der Waals surface area contributed by atoms with Crippen molar-refractivity contribution in [1.82, 2.24) is 9.88 Å². The summed E-state index contributed by atoms with van der Waals surface area (Å²) in [5, 5.41) is 2.81. The van der Waals surface area contributed by atoms with E-state index in [0.29, 0.717) is 6.42 Å². The van der Waals surface area contributed by atoms with E-state index in [1.165, 1.54) is 10.6 Å². The van der Waals surface area contributed by atoms with Crippen LogP contribution in [0.1, 0.15) is 22.8 Å². The van der Waals surface area contributed by atoms with Gasteiger partial charge in [0.15, 0.2) is 0 Å². The van der Waals surface area contributed by atoms with Crippen molar-refractivity contribution in [2.45, 2.75) is 19.4 Å². The van der Waals surface area contributed by atoms with E-state index in [0.717, 1.165) is 5.56 Å². The SMILES string of the molecule is CC(Cc1ccoc1)NC(=O)c1cccn(C)c1=O. The van der Waals surface area contributed by atoms with Gasteiger partial charge in [0, 0.05) is 19.3 Å². The molecule has 5 nitrogen and oxygen atoms in total. The van der Waals surface area contributed by atoms with E-state index in [-0.39, 0.29) is 23.1 Å². The molecule has 19 heavy (non-hydrogen) atoms. The maximum atomic E-state index is 12.0. The lowest BCUT2D eigenvalue weighted by Gasteiger charge is -2.12. The minimum Gasteiger partial charge on any atom is -0.472 e. The Morgan fingerprint density at radius 2 is 2.26 bits per heavy atom. The largest absolute Gasteiger partial charge is 0.472 e. The zero-order valence-corrected chi connectivity index (χ0v) is 10.9. The number of pyridine rings is 1. The second-order valence-corrected chi connectivity index (χ2v) is 4.55. The third-order valence-corrected chi connectivity index (χ3v) is 2.87. The first-order valence-corrected chi connectivity index (χ1v) is 6.05. The lowest BCUT2D eigenvalue weighted by atomic mass is 10.1. The molecule has 2 aromatic heterocycles. The van der Waals surface area contributed by atoms with Gasteiger partial charge < -0.3 is 14.3 Å². The van der Waals surface area contributed by atoms with Gasteiger partial charge in [0.1, 0.15) is 5.56 Å². The zero-order chi connectivity index (χ0) is 13.8. The highest BCUT2D eigenvalue weighted by molar-refractivity contribution is 5.93.